The van der Waals surface area contributed by atoms with Crippen molar-refractivity contribution in [2.45, 2.75) is 6.42 Å². The zero-order valence-corrected chi connectivity index (χ0v) is 14.0. The molecule has 0 aromatic heterocycles. The number of anilines is 2. The number of amidine groups is 1. The highest BCUT2D eigenvalue weighted by Crippen LogP contribution is 2.20. The number of nitrogens with zero attached hydrogens (tertiary/aromatic N) is 1. The van der Waals surface area contributed by atoms with Crippen molar-refractivity contribution >= 4 is 40.6 Å². The maximum Gasteiger partial charge on any atom is 0.265 e. The number of halogens is 1. The highest BCUT2D eigenvalue weighted by Gasteiger charge is 2.08. The third kappa shape index (κ3) is 6.52. The summed E-state index contributed by atoms with van der Waals surface area (Å²) in [4.78, 5) is 28.4. The second-order valence-electron chi connectivity index (χ2n) is 4.98. The maximum absolute atomic E-state index is 11.8. The lowest BCUT2D eigenvalue weighted by molar-refractivity contribution is -0.120. The third-order valence-corrected chi connectivity index (χ3v) is 3.25. The molecule has 4 N–H and O–H groups in total. The molecule has 8 heteroatoms. The third-order valence-electron chi connectivity index (χ3n) is 2.92. The Kier molecular flexibility index (Phi) is 6.79. The topological polar surface area (TPSA) is 106 Å². The molecule has 0 aliphatic heterocycles. The second-order valence-corrected chi connectivity index (χ2v) is 5.38. The smallest absolute Gasteiger partial charge is 0.265 e. The lowest BCUT2D eigenvalue weighted by atomic mass is 10.3. The van der Waals surface area contributed by atoms with Gasteiger partial charge in [0, 0.05) is 5.69 Å². The fourth-order valence-electron chi connectivity index (χ4n) is 1.85. The van der Waals surface area contributed by atoms with Gasteiger partial charge in [0.05, 0.1) is 17.1 Å². The van der Waals surface area contributed by atoms with Crippen LogP contribution in [0.25, 0.3) is 0 Å². The average molecular weight is 361 g/mol. The number of hydrogen-bond acceptors (Lipinski definition) is 4. The Morgan fingerprint density at radius 2 is 1.68 bits per heavy atom. The molecule has 0 heterocycles. The summed E-state index contributed by atoms with van der Waals surface area (Å²) in [5.74, 6) is -0.841. The van der Waals surface area contributed by atoms with Gasteiger partial charge in [0.2, 0.25) is 5.91 Å². The van der Waals surface area contributed by atoms with Crippen LogP contribution in [0.2, 0.25) is 5.02 Å². The minimum Gasteiger partial charge on any atom is -0.384 e. The Hall–Kier alpha value is -3.06. The van der Waals surface area contributed by atoms with Gasteiger partial charge in [0.15, 0.2) is 6.61 Å². The van der Waals surface area contributed by atoms with E-state index in [-0.39, 0.29) is 24.8 Å². The van der Waals surface area contributed by atoms with Gasteiger partial charge in [-0.05, 0) is 24.3 Å². The van der Waals surface area contributed by atoms with Gasteiger partial charge in [-0.15, -0.1) is 0 Å². The summed E-state index contributed by atoms with van der Waals surface area (Å²) < 4.78 is 0. The molecule has 0 spiro atoms. The largest absolute Gasteiger partial charge is 0.384 e. The van der Waals surface area contributed by atoms with Gasteiger partial charge in [-0.25, -0.2) is 0 Å². The van der Waals surface area contributed by atoms with Crippen LogP contribution in [-0.2, 0) is 14.4 Å². The summed E-state index contributed by atoms with van der Waals surface area (Å²) in [7, 11) is 0. The first kappa shape index (κ1) is 18.3. The van der Waals surface area contributed by atoms with Crippen LogP contribution >= 0.6 is 11.6 Å². The molecule has 2 aromatic carbocycles. The standard InChI is InChI=1S/C17H17ClN4O3/c18-13-8-4-5-9-14(13)21-16(23)10-15(19)22-25-11-17(24)20-12-6-2-1-3-7-12/h1-9H,10-11H2,(H2,19,22)(H,20,24)(H,21,23). The SMILES string of the molecule is NC(CC(=O)Nc1ccccc1Cl)=NOCC(=O)Nc1ccccc1. The zero-order valence-electron chi connectivity index (χ0n) is 13.2. The molecule has 0 aliphatic carbocycles. The van der Waals surface area contributed by atoms with Crippen LogP contribution in [-0.4, -0.2) is 24.3 Å². The lowest BCUT2D eigenvalue weighted by Gasteiger charge is -2.07. The van der Waals surface area contributed by atoms with Crippen molar-refractivity contribution in [3.63, 3.8) is 0 Å². The molecule has 2 amide bonds. The fourth-order valence-corrected chi connectivity index (χ4v) is 2.03. The van der Waals surface area contributed by atoms with Gasteiger partial charge in [-0.1, -0.05) is 47.1 Å². The molecule has 0 bridgehead atoms. The highest BCUT2D eigenvalue weighted by atomic mass is 35.5. The molecular weight excluding hydrogens is 344 g/mol. The zero-order chi connectivity index (χ0) is 18.1. The van der Waals surface area contributed by atoms with Gasteiger partial charge >= 0.3 is 0 Å². The quantitative estimate of drug-likeness (QED) is 0.401. The van der Waals surface area contributed by atoms with Crippen molar-refractivity contribution in [2.24, 2.45) is 10.9 Å². The molecular formula is C17H17ClN4O3. The first-order valence-corrected chi connectivity index (χ1v) is 7.76. The predicted octanol–water partition coefficient (Wildman–Crippen LogP) is 2.60. The molecule has 0 radical (unpaired) electrons. The van der Waals surface area contributed by atoms with Gasteiger partial charge < -0.3 is 21.2 Å². The van der Waals surface area contributed by atoms with Gasteiger partial charge in [0.1, 0.15) is 5.84 Å². The molecule has 7 nitrogen and oxygen atoms in total. The van der Waals surface area contributed by atoms with Gasteiger partial charge in [-0.3, -0.25) is 9.59 Å². The van der Waals surface area contributed by atoms with E-state index in [1.54, 1.807) is 48.5 Å². The fraction of sp³-hybridized carbons (Fsp3) is 0.118. The molecule has 2 aromatic rings. The summed E-state index contributed by atoms with van der Waals surface area (Å²) in [6.07, 6.45) is -0.189. The van der Waals surface area contributed by atoms with Gasteiger partial charge in [0.25, 0.3) is 5.91 Å². The first-order chi connectivity index (χ1) is 12.0. The molecule has 0 saturated heterocycles. The van der Waals surface area contributed by atoms with Crippen molar-refractivity contribution in [1.29, 1.82) is 0 Å². The summed E-state index contributed by atoms with van der Waals surface area (Å²) in [6.45, 7) is -0.318. The van der Waals surface area contributed by atoms with E-state index >= 15 is 0 Å². The Balaban J connectivity index is 1.74. The predicted molar refractivity (Wildman–Crippen MR) is 97.3 cm³/mol. The Bertz CT molecular complexity index is 765. The maximum atomic E-state index is 11.8. The highest BCUT2D eigenvalue weighted by molar-refractivity contribution is 6.33. The molecule has 0 aliphatic rings. The van der Waals surface area contributed by atoms with Crippen molar-refractivity contribution in [3.8, 4) is 0 Å². The van der Waals surface area contributed by atoms with E-state index in [2.05, 4.69) is 15.8 Å². The van der Waals surface area contributed by atoms with Gasteiger partial charge in [-0.2, -0.15) is 0 Å². The molecule has 0 saturated carbocycles. The van der Waals surface area contributed by atoms with Crippen molar-refractivity contribution in [3.05, 3.63) is 59.6 Å². The number of carbonyl (C=O) groups is 2. The Morgan fingerprint density at radius 3 is 2.40 bits per heavy atom. The molecule has 0 fully saturated rings. The van der Waals surface area contributed by atoms with Crippen LogP contribution in [0.3, 0.4) is 0 Å². The van der Waals surface area contributed by atoms with Crippen molar-refractivity contribution < 1.29 is 14.4 Å². The van der Waals surface area contributed by atoms with E-state index < -0.39 is 5.91 Å². The lowest BCUT2D eigenvalue weighted by Crippen LogP contribution is -2.23. The number of carbonyl (C=O) groups excluding carboxylic acids is 2. The van der Waals surface area contributed by atoms with E-state index in [0.717, 1.165) is 0 Å². The minimum absolute atomic E-state index is 0.0583. The number of benzene rings is 2. The van der Waals surface area contributed by atoms with E-state index in [1.165, 1.54) is 0 Å². The number of para-hydroxylation sites is 2. The number of oxime groups is 1. The van der Waals surface area contributed by atoms with Crippen LogP contribution in [0.1, 0.15) is 6.42 Å². The van der Waals surface area contributed by atoms with E-state index in [9.17, 15) is 9.59 Å². The Morgan fingerprint density at radius 1 is 1.00 bits per heavy atom. The summed E-state index contributed by atoms with van der Waals surface area (Å²) in [5.41, 5.74) is 6.73. The number of rotatable bonds is 7. The van der Waals surface area contributed by atoms with Crippen molar-refractivity contribution in [2.75, 3.05) is 17.2 Å². The van der Waals surface area contributed by atoms with Crippen LogP contribution in [0, 0.1) is 0 Å². The summed E-state index contributed by atoms with van der Waals surface area (Å²) >= 11 is 5.94. The number of hydrogen-bond donors (Lipinski definition) is 3. The second kappa shape index (κ2) is 9.29. The molecule has 130 valence electrons. The Labute approximate surface area is 149 Å². The van der Waals surface area contributed by atoms with Crippen LogP contribution < -0.4 is 16.4 Å². The van der Waals surface area contributed by atoms with Crippen LogP contribution in [0.5, 0.6) is 0 Å². The van der Waals surface area contributed by atoms with Crippen LogP contribution in [0.4, 0.5) is 11.4 Å². The monoisotopic (exact) mass is 360 g/mol. The van der Waals surface area contributed by atoms with E-state index in [4.69, 9.17) is 22.2 Å². The normalized spacial score (nSPS) is 10.8. The van der Waals surface area contributed by atoms with E-state index in [1.807, 2.05) is 6.07 Å². The number of nitrogens with two attached hydrogens (primary N) is 1. The minimum atomic E-state index is -0.397. The van der Waals surface area contributed by atoms with Crippen molar-refractivity contribution in [1.82, 2.24) is 0 Å². The summed E-state index contributed by atoms with van der Waals surface area (Å²) in [5, 5.41) is 9.20. The van der Waals surface area contributed by atoms with E-state index in [0.29, 0.717) is 16.4 Å². The molecule has 0 atom stereocenters. The number of nitrogens with one attached hydrogen (secondary N) is 2. The molecule has 25 heavy (non-hydrogen) atoms. The average Bonchev–Trinajstić information content (AvgIpc) is 2.57. The first-order valence-electron chi connectivity index (χ1n) is 7.38. The summed E-state index contributed by atoms with van der Waals surface area (Å²) in [6, 6.07) is 15.7. The van der Waals surface area contributed by atoms with Crippen LogP contribution in [0.15, 0.2) is 59.8 Å². The molecule has 0 unspecified atom stereocenters. The molecule has 2 rings (SSSR count). The number of amides is 2.